The van der Waals surface area contributed by atoms with Crippen molar-refractivity contribution in [1.29, 1.82) is 0 Å². The monoisotopic (exact) mass is 498 g/mol. The first kappa shape index (κ1) is 24.1. The van der Waals surface area contributed by atoms with Gasteiger partial charge in [-0.3, -0.25) is 4.57 Å². The number of hydrogen-bond donors (Lipinski definition) is 0. The van der Waals surface area contributed by atoms with Gasteiger partial charge in [0.2, 0.25) is 0 Å². The Balaban J connectivity index is 0.000000913. The summed E-state index contributed by atoms with van der Waals surface area (Å²) in [4.78, 5) is 28.6. The van der Waals surface area contributed by atoms with Crippen molar-refractivity contribution >= 4 is 38.9 Å². The van der Waals surface area contributed by atoms with Crippen LogP contribution in [0.25, 0.3) is 16.7 Å². The standard InChI is InChI=1S/C24H31BrN4.CO2/c1-7-19-8-10-28(11-9-19)23-21-16(4)17(5)29(24(21)27-18(6)26-23)22-14(2)12-20(25)13-15(22)3;2-1-3/h12-13,19H,7-11H2,1-6H3;. The fourth-order valence-electron chi connectivity index (χ4n) is 4.86. The van der Waals surface area contributed by atoms with Crippen molar-refractivity contribution in [2.75, 3.05) is 18.0 Å². The highest BCUT2D eigenvalue weighted by Crippen LogP contribution is 2.37. The van der Waals surface area contributed by atoms with Gasteiger partial charge < -0.3 is 4.90 Å². The summed E-state index contributed by atoms with van der Waals surface area (Å²) in [5.41, 5.74) is 7.30. The van der Waals surface area contributed by atoms with E-state index in [0.717, 1.165) is 40.8 Å². The number of benzene rings is 1. The zero-order chi connectivity index (χ0) is 23.6. The minimum absolute atomic E-state index is 0.250. The normalized spacial score (nSPS) is 14.3. The molecule has 32 heavy (non-hydrogen) atoms. The Labute approximate surface area is 198 Å². The second-order valence-corrected chi connectivity index (χ2v) is 9.56. The Morgan fingerprint density at radius 2 is 1.59 bits per heavy atom. The molecule has 3 aromatic rings. The molecular formula is C25H31BrN4O2. The third-order valence-electron chi connectivity index (χ3n) is 6.62. The lowest BCUT2D eigenvalue weighted by atomic mass is 9.94. The lowest BCUT2D eigenvalue weighted by molar-refractivity contribution is -0.191. The zero-order valence-corrected chi connectivity index (χ0v) is 21.3. The van der Waals surface area contributed by atoms with E-state index in [9.17, 15) is 0 Å². The Hall–Kier alpha value is -2.50. The van der Waals surface area contributed by atoms with Crippen LogP contribution in [0.5, 0.6) is 0 Å². The summed E-state index contributed by atoms with van der Waals surface area (Å²) in [6, 6.07) is 4.38. The highest BCUT2D eigenvalue weighted by molar-refractivity contribution is 9.10. The predicted octanol–water partition coefficient (Wildman–Crippen LogP) is 5.77. The number of nitrogens with zero attached hydrogens (tertiary/aromatic N) is 4. The fraction of sp³-hybridized carbons (Fsp3) is 0.480. The van der Waals surface area contributed by atoms with Gasteiger partial charge in [-0.25, -0.2) is 9.97 Å². The maximum atomic E-state index is 8.12. The molecule has 4 rings (SSSR count). The second-order valence-electron chi connectivity index (χ2n) is 8.65. The maximum absolute atomic E-state index is 8.12. The largest absolute Gasteiger partial charge is 0.373 e. The van der Waals surface area contributed by atoms with Gasteiger partial charge in [0.25, 0.3) is 0 Å². The quantitative estimate of drug-likeness (QED) is 0.458. The minimum atomic E-state index is 0.250. The molecule has 1 fully saturated rings. The van der Waals surface area contributed by atoms with Crippen molar-refractivity contribution in [3.63, 3.8) is 0 Å². The summed E-state index contributed by atoms with van der Waals surface area (Å²) < 4.78 is 3.46. The summed E-state index contributed by atoms with van der Waals surface area (Å²) in [6.45, 7) is 15.3. The van der Waals surface area contributed by atoms with Crippen LogP contribution in [0.1, 0.15) is 54.4 Å². The molecule has 7 heteroatoms. The van der Waals surface area contributed by atoms with Gasteiger partial charge in [-0.1, -0.05) is 29.3 Å². The molecule has 0 radical (unpaired) electrons. The van der Waals surface area contributed by atoms with Gasteiger partial charge in [-0.05, 0) is 82.2 Å². The van der Waals surface area contributed by atoms with E-state index in [2.05, 4.69) is 72.1 Å². The molecule has 170 valence electrons. The first-order chi connectivity index (χ1) is 15.2. The highest BCUT2D eigenvalue weighted by atomic mass is 79.9. The first-order valence-corrected chi connectivity index (χ1v) is 11.9. The lowest BCUT2D eigenvalue weighted by Gasteiger charge is -2.33. The van der Waals surface area contributed by atoms with Gasteiger partial charge in [0.1, 0.15) is 11.6 Å². The number of aromatic nitrogens is 3. The Kier molecular flexibility index (Phi) is 7.52. The van der Waals surface area contributed by atoms with Crippen LogP contribution in [0.4, 0.5) is 5.82 Å². The lowest BCUT2D eigenvalue weighted by Crippen LogP contribution is -2.34. The Morgan fingerprint density at radius 1 is 1.03 bits per heavy atom. The van der Waals surface area contributed by atoms with E-state index in [-0.39, 0.29) is 6.15 Å². The van der Waals surface area contributed by atoms with E-state index in [0.29, 0.717) is 0 Å². The second kappa shape index (κ2) is 9.97. The van der Waals surface area contributed by atoms with Crippen LogP contribution in [0.3, 0.4) is 0 Å². The van der Waals surface area contributed by atoms with Crippen molar-refractivity contribution in [2.24, 2.45) is 5.92 Å². The number of halogens is 1. The summed E-state index contributed by atoms with van der Waals surface area (Å²) >= 11 is 3.64. The van der Waals surface area contributed by atoms with Crippen LogP contribution < -0.4 is 4.90 Å². The number of rotatable bonds is 3. The average Bonchev–Trinajstić information content (AvgIpc) is 2.98. The number of hydrogen-bond acceptors (Lipinski definition) is 5. The molecule has 1 aliphatic heterocycles. The number of piperidine rings is 1. The van der Waals surface area contributed by atoms with E-state index in [4.69, 9.17) is 19.6 Å². The molecule has 6 nitrogen and oxygen atoms in total. The SMILES string of the molecule is CCC1CCN(c2nc(C)nc3c2c(C)c(C)n3-c2c(C)cc(Br)cc2C)CC1.O=C=O. The van der Waals surface area contributed by atoms with Gasteiger partial charge in [-0.15, -0.1) is 0 Å². The third-order valence-corrected chi connectivity index (χ3v) is 7.08. The Morgan fingerprint density at radius 3 is 2.12 bits per heavy atom. The van der Waals surface area contributed by atoms with Crippen LogP contribution in [-0.4, -0.2) is 33.8 Å². The maximum Gasteiger partial charge on any atom is 0.373 e. The smallest absolute Gasteiger partial charge is 0.356 e. The van der Waals surface area contributed by atoms with E-state index in [1.54, 1.807) is 0 Å². The topological polar surface area (TPSA) is 68.1 Å². The molecule has 0 saturated carbocycles. The molecule has 0 aliphatic carbocycles. The van der Waals surface area contributed by atoms with Crippen molar-refractivity contribution in [3.8, 4) is 5.69 Å². The molecule has 1 saturated heterocycles. The fourth-order valence-corrected chi connectivity index (χ4v) is 5.55. The number of aryl methyl sites for hydroxylation is 4. The average molecular weight is 499 g/mol. The van der Waals surface area contributed by atoms with Gasteiger partial charge >= 0.3 is 6.15 Å². The van der Waals surface area contributed by atoms with E-state index < -0.39 is 0 Å². The summed E-state index contributed by atoms with van der Waals surface area (Å²) in [5, 5.41) is 1.21. The van der Waals surface area contributed by atoms with Gasteiger partial charge in [0.05, 0.1) is 11.1 Å². The van der Waals surface area contributed by atoms with Crippen molar-refractivity contribution < 1.29 is 9.59 Å². The predicted molar refractivity (Wildman–Crippen MR) is 130 cm³/mol. The molecule has 0 spiro atoms. The number of fused-ring (bicyclic) bond motifs is 1. The highest BCUT2D eigenvalue weighted by Gasteiger charge is 2.26. The molecule has 1 aliphatic rings. The van der Waals surface area contributed by atoms with E-state index >= 15 is 0 Å². The molecule has 0 N–H and O–H groups in total. The molecule has 0 atom stereocenters. The van der Waals surface area contributed by atoms with Crippen molar-refractivity contribution in [1.82, 2.24) is 14.5 Å². The van der Waals surface area contributed by atoms with E-state index in [1.165, 1.54) is 52.7 Å². The van der Waals surface area contributed by atoms with E-state index in [1.807, 2.05) is 6.92 Å². The van der Waals surface area contributed by atoms with Gasteiger partial charge in [0, 0.05) is 23.3 Å². The van der Waals surface area contributed by atoms with Crippen LogP contribution in [0, 0.1) is 40.5 Å². The van der Waals surface area contributed by atoms with Crippen molar-refractivity contribution in [3.05, 3.63) is 44.8 Å². The van der Waals surface area contributed by atoms with Crippen LogP contribution in [-0.2, 0) is 9.59 Å². The first-order valence-electron chi connectivity index (χ1n) is 11.1. The van der Waals surface area contributed by atoms with Gasteiger partial charge in [-0.2, -0.15) is 9.59 Å². The zero-order valence-electron chi connectivity index (χ0n) is 19.8. The summed E-state index contributed by atoms with van der Waals surface area (Å²) in [5.74, 6) is 2.82. The molecule has 0 amide bonds. The number of anilines is 1. The van der Waals surface area contributed by atoms with Gasteiger partial charge in [0.15, 0.2) is 5.65 Å². The third kappa shape index (κ3) is 4.50. The molecule has 3 heterocycles. The van der Waals surface area contributed by atoms with Crippen LogP contribution >= 0.6 is 15.9 Å². The van der Waals surface area contributed by atoms with Crippen LogP contribution in [0.15, 0.2) is 16.6 Å². The number of carbonyl (C=O) groups excluding carboxylic acids is 2. The molecule has 1 aromatic carbocycles. The summed E-state index contributed by atoms with van der Waals surface area (Å²) in [6.07, 6.45) is 4.04. The van der Waals surface area contributed by atoms with Crippen LogP contribution in [0.2, 0.25) is 0 Å². The minimum Gasteiger partial charge on any atom is -0.356 e. The van der Waals surface area contributed by atoms with Crippen molar-refractivity contribution in [2.45, 2.75) is 60.8 Å². The Bertz CT molecular complexity index is 1150. The molecule has 0 unspecified atom stereocenters. The summed E-state index contributed by atoms with van der Waals surface area (Å²) in [7, 11) is 0. The molecular weight excluding hydrogens is 468 g/mol. The molecule has 2 aromatic heterocycles. The molecule has 0 bridgehead atoms.